The Bertz CT molecular complexity index is 736. The normalized spacial score (nSPS) is 18.0. The first kappa shape index (κ1) is 16.5. The second-order valence-electron chi connectivity index (χ2n) is 4.60. The van der Waals surface area contributed by atoms with Crippen molar-refractivity contribution < 1.29 is 4.74 Å². The molecule has 5 heteroatoms. The van der Waals surface area contributed by atoms with Crippen molar-refractivity contribution in [3.05, 3.63) is 65.7 Å². The number of thioether (sulfide) groups is 1. The summed E-state index contributed by atoms with van der Waals surface area (Å²) < 4.78 is 6.75. The molecule has 0 spiro atoms. The summed E-state index contributed by atoms with van der Waals surface area (Å²) in [5.74, 6) is 0.899. The summed E-state index contributed by atoms with van der Waals surface area (Å²) in [6.45, 7) is 0.182. The Kier molecular flexibility index (Phi) is 5.60. The molecule has 0 amide bonds. The van der Waals surface area contributed by atoms with Gasteiger partial charge in [0.15, 0.2) is 0 Å². The van der Waals surface area contributed by atoms with E-state index in [2.05, 4.69) is 69.9 Å². The quantitative estimate of drug-likeness (QED) is 0.302. The first-order chi connectivity index (χ1) is 10.7. The zero-order valence-electron chi connectivity index (χ0n) is 12.2. The van der Waals surface area contributed by atoms with E-state index >= 15 is 0 Å². The third-order valence-corrected chi connectivity index (χ3v) is 11.7. The van der Waals surface area contributed by atoms with Crippen molar-refractivity contribution in [2.75, 3.05) is 13.4 Å². The van der Waals surface area contributed by atoms with Gasteiger partial charge in [0.25, 0.3) is 0 Å². The molecule has 0 saturated heterocycles. The van der Waals surface area contributed by atoms with Crippen LogP contribution in [0.4, 0.5) is 0 Å². The third kappa shape index (κ3) is 3.27. The summed E-state index contributed by atoms with van der Waals surface area (Å²) in [6.07, 6.45) is 2.18. The molecule has 2 aromatic rings. The Labute approximate surface area is 153 Å². The standard InChI is InChI=1S/C17H15IOS3/c1-19-14-10-8-13(9-11-14)16-15(12-6-4-3-5-7-12)17(20-2)22(18)21-16/h3-11H,1-2H3. The number of hydrogen-bond acceptors (Lipinski definition) is 3. The summed E-state index contributed by atoms with van der Waals surface area (Å²) in [4.78, 5) is 1.37. The van der Waals surface area contributed by atoms with Crippen LogP contribution in [-0.2, 0) is 0 Å². The van der Waals surface area contributed by atoms with E-state index in [4.69, 9.17) is 4.74 Å². The minimum atomic E-state index is 0.182. The van der Waals surface area contributed by atoms with Crippen molar-refractivity contribution in [2.45, 2.75) is 0 Å². The van der Waals surface area contributed by atoms with Crippen LogP contribution in [0.2, 0.25) is 0 Å². The number of hydrogen-bond donors (Lipinski definition) is 0. The molecule has 1 aliphatic heterocycles. The highest BCUT2D eigenvalue weighted by Crippen LogP contribution is 2.60. The molecule has 0 N–H and O–H groups in total. The second kappa shape index (κ2) is 7.47. The first-order valence-corrected chi connectivity index (χ1v) is 13.0. The smallest absolute Gasteiger partial charge is 0.118 e. The number of methoxy groups -OCH3 is 1. The average Bonchev–Trinajstić information content (AvgIpc) is 2.92. The Morgan fingerprint density at radius 1 is 1.00 bits per heavy atom. The fourth-order valence-corrected chi connectivity index (χ4v) is 10.8. The van der Waals surface area contributed by atoms with E-state index in [1.165, 1.54) is 25.8 Å². The average molecular weight is 458 g/mol. The van der Waals surface area contributed by atoms with E-state index in [1.807, 2.05) is 34.7 Å². The van der Waals surface area contributed by atoms with Crippen LogP contribution >= 0.6 is 50.4 Å². The molecule has 0 radical (unpaired) electrons. The van der Waals surface area contributed by atoms with E-state index in [1.54, 1.807) is 7.11 Å². The van der Waals surface area contributed by atoms with Crippen LogP contribution in [0, 0.1) is 0 Å². The fraction of sp³-hybridized carbons (Fsp3) is 0.118. The summed E-state index contributed by atoms with van der Waals surface area (Å²) in [6, 6.07) is 19.1. The van der Waals surface area contributed by atoms with Gasteiger partial charge >= 0.3 is 0 Å². The van der Waals surface area contributed by atoms with Gasteiger partial charge in [0, 0.05) is 31.7 Å². The van der Waals surface area contributed by atoms with Gasteiger partial charge < -0.3 is 4.74 Å². The van der Waals surface area contributed by atoms with E-state index in [0.717, 1.165) is 5.75 Å². The maximum atomic E-state index is 5.27. The molecule has 0 saturated carbocycles. The molecule has 114 valence electrons. The van der Waals surface area contributed by atoms with E-state index < -0.39 is 0 Å². The van der Waals surface area contributed by atoms with Crippen molar-refractivity contribution >= 4 is 65.1 Å². The summed E-state index contributed by atoms with van der Waals surface area (Å²) in [5, 5.41) is 0. The lowest BCUT2D eigenvalue weighted by Crippen LogP contribution is -1.95. The van der Waals surface area contributed by atoms with Gasteiger partial charge in [-0.25, -0.2) is 0 Å². The number of ether oxygens (including phenoxy) is 1. The van der Waals surface area contributed by atoms with Gasteiger partial charge in [-0.05, 0) is 36.2 Å². The number of benzene rings is 2. The van der Waals surface area contributed by atoms with E-state index in [9.17, 15) is 0 Å². The van der Waals surface area contributed by atoms with Crippen LogP contribution in [0.15, 0.2) is 54.6 Å². The highest BCUT2D eigenvalue weighted by Gasteiger charge is 2.25. The first-order valence-electron chi connectivity index (χ1n) is 6.69. The summed E-state index contributed by atoms with van der Waals surface area (Å²) in [7, 11) is 3.67. The van der Waals surface area contributed by atoms with Gasteiger partial charge in [-0.15, -0.1) is 11.8 Å². The Hall–Kier alpha value is -0.370. The van der Waals surface area contributed by atoms with Crippen LogP contribution in [0.1, 0.15) is 11.1 Å². The van der Waals surface area contributed by atoms with Gasteiger partial charge in [0.05, 0.1) is 11.3 Å². The zero-order chi connectivity index (χ0) is 15.5. The second-order valence-corrected chi connectivity index (χ2v) is 13.0. The van der Waals surface area contributed by atoms with Crippen molar-refractivity contribution in [3.63, 3.8) is 0 Å². The molecule has 22 heavy (non-hydrogen) atoms. The molecule has 3 rings (SSSR count). The minimum absolute atomic E-state index is 0.182. The molecule has 0 aliphatic carbocycles. The van der Waals surface area contributed by atoms with Crippen LogP contribution in [0.5, 0.6) is 5.75 Å². The number of halogens is 1. The molecule has 1 unspecified atom stereocenters. The van der Waals surface area contributed by atoms with E-state index in [0.29, 0.717) is 0 Å². The molecule has 1 atom stereocenters. The maximum Gasteiger partial charge on any atom is 0.118 e. The lowest BCUT2D eigenvalue weighted by molar-refractivity contribution is 0.415. The van der Waals surface area contributed by atoms with Crippen molar-refractivity contribution in [2.24, 2.45) is 0 Å². The lowest BCUT2D eigenvalue weighted by atomic mass is 10.0. The number of rotatable bonds is 3. The van der Waals surface area contributed by atoms with Crippen LogP contribution in [-0.4, -0.2) is 17.6 Å². The Morgan fingerprint density at radius 2 is 1.68 bits per heavy atom. The van der Waals surface area contributed by atoms with Crippen LogP contribution in [0.25, 0.3) is 10.5 Å². The molecule has 2 aromatic carbocycles. The summed E-state index contributed by atoms with van der Waals surface area (Å²) >= 11 is 4.43. The molecule has 0 aromatic heterocycles. The van der Waals surface area contributed by atoms with Crippen molar-refractivity contribution in [3.8, 4) is 5.75 Å². The van der Waals surface area contributed by atoms with Gasteiger partial charge in [0.1, 0.15) is 5.75 Å². The van der Waals surface area contributed by atoms with Crippen molar-refractivity contribution in [1.29, 1.82) is 0 Å². The SMILES string of the molecule is COc1ccc(C2=C(c3ccccc3)C(SC)=S(I)S2)cc1. The topological polar surface area (TPSA) is 9.23 Å². The molecule has 1 heterocycles. The minimum Gasteiger partial charge on any atom is -0.497 e. The monoisotopic (exact) mass is 458 g/mol. The van der Waals surface area contributed by atoms with Gasteiger partial charge in [-0.2, -0.15) is 0 Å². The largest absolute Gasteiger partial charge is 0.497 e. The van der Waals surface area contributed by atoms with Crippen LogP contribution < -0.4 is 4.74 Å². The molecular formula is C17H15IOS3. The third-order valence-electron chi connectivity index (χ3n) is 3.33. The Balaban J connectivity index is 2.13. The molecule has 0 fully saturated rings. The highest BCUT2D eigenvalue weighted by molar-refractivity contribution is 14.2. The van der Waals surface area contributed by atoms with Gasteiger partial charge in [-0.3, -0.25) is 0 Å². The predicted molar refractivity (Wildman–Crippen MR) is 114 cm³/mol. The molecule has 1 aliphatic rings. The summed E-state index contributed by atoms with van der Waals surface area (Å²) in [5.41, 5.74) is 3.96. The maximum absolute atomic E-state index is 5.27. The van der Waals surface area contributed by atoms with Crippen molar-refractivity contribution in [1.82, 2.24) is 0 Å². The Morgan fingerprint density at radius 3 is 2.27 bits per heavy atom. The fourth-order valence-electron chi connectivity index (χ4n) is 2.28. The predicted octanol–water partition coefficient (Wildman–Crippen LogP) is 6.34. The molecule has 1 nitrogen and oxygen atoms in total. The van der Waals surface area contributed by atoms with Crippen LogP contribution in [0.3, 0.4) is 0 Å². The van der Waals surface area contributed by atoms with Gasteiger partial charge in [-0.1, -0.05) is 53.3 Å². The highest BCUT2D eigenvalue weighted by atomic mass is 127. The lowest BCUT2D eigenvalue weighted by Gasteiger charge is -2.10. The van der Waals surface area contributed by atoms with Gasteiger partial charge in [0.2, 0.25) is 0 Å². The van der Waals surface area contributed by atoms with E-state index in [-0.39, 0.29) is 6.69 Å². The molecular weight excluding hydrogens is 443 g/mol. The molecule has 0 bridgehead atoms. The zero-order valence-corrected chi connectivity index (χ0v) is 16.8.